The Hall–Kier alpha value is -2.43. The van der Waals surface area contributed by atoms with Gasteiger partial charge in [-0.1, -0.05) is 6.07 Å². The number of aryl methyl sites for hydroxylation is 2. The Kier molecular flexibility index (Phi) is 5.81. The molecule has 0 radical (unpaired) electrons. The van der Waals surface area contributed by atoms with Crippen molar-refractivity contribution in [2.75, 3.05) is 25.5 Å². The zero-order valence-electron chi connectivity index (χ0n) is 17.1. The number of nitrogens with zero attached hydrogens (tertiary/aromatic N) is 2. The molecule has 4 rings (SSSR count). The number of ether oxygens (including phenoxy) is 1. The van der Waals surface area contributed by atoms with Crippen molar-refractivity contribution in [3.63, 3.8) is 0 Å². The number of hydrogen-bond donors (Lipinski definition) is 4. The molecule has 6 N–H and O–H groups in total. The molecule has 1 unspecified atom stereocenters. The first-order valence-corrected chi connectivity index (χ1v) is 11.8. The lowest BCUT2D eigenvalue weighted by atomic mass is 9.99. The van der Waals surface area contributed by atoms with E-state index in [4.69, 9.17) is 15.6 Å². The van der Waals surface area contributed by atoms with Crippen LogP contribution in [0.5, 0.6) is 0 Å². The lowest BCUT2D eigenvalue weighted by molar-refractivity contribution is 0.244. The van der Waals surface area contributed by atoms with Crippen molar-refractivity contribution in [1.82, 2.24) is 5.32 Å². The van der Waals surface area contributed by atoms with E-state index in [2.05, 4.69) is 26.1 Å². The van der Waals surface area contributed by atoms with Crippen molar-refractivity contribution < 1.29 is 13.7 Å². The van der Waals surface area contributed by atoms with Crippen LogP contribution in [0.3, 0.4) is 0 Å². The number of fused-ring (bicyclic) bond motifs is 2. The first-order valence-electron chi connectivity index (χ1n) is 10.2. The number of carbonyl (C=O) groups is 1. The zero-order chi connectivity index (χ0) is 21.3. The third-order valence-electron chi connectivity index (χ3n) is 5.89. The van der Waals surface area contributed by atoms with Gasteiger partial charge in [-0.25, -0.2) is 19.1 Å². The third kappa shape index (κ3) is 3.94. The van der Waals surface area contributed by atoms with Gasteiger partial charge in [-0.05, 0) is 67.8 Å². The maximum Gasteiger partial charge on any atom is 0.354 e. The van der Waals surface area contributed by atoms with E-state index in [0.29, 0.717) is 13.2 Å². The number of benzene rings is 1. The highest BCUT2D eigenvalue weighted by Gasteiger charge is 2.27. The first-order chi connectivity index (χ1) is 14.4. The predicted molar refractivity (Wildman–Crippen MR) is 118 cm³/mol. The Bertz CT molecular complexity index is 1020. The van der Waals surface area contributed by atoms with Crippen molar-refractivity contribution in [2.24, 2.45) is 20.2 Å². The van der Waals surface area contributed by atoms with Crippen LogP contribution >= 0.6 is 0 Å². The molecule has 9 nitrogen and oxygen atoms in total. The molecule has 2 amide bonds. The molecule has 1 aromatic rings. The molecule has 2 atom stereocenters. The van der Waals surface area contributed by atoms with E-state index in [1.807, 2.05) is 0 Å². The molecule has 1 heterocycles. The van der Waals surface area contributed by atoms with Crippen molar-refractivity contribution in [2.45, 2.75) is 44.6 Å². The minimum absolute atomic E-state index is 0.0455. The highest BCUT2D eigenvalue weighted by molar-refractivity contribution is 7.96. The fourth-order valence-electron chi connectivity index (χ4n) is 4.36. The minimum atomic E-state index is -3.62. The van der Waals surface area contributed by atoms with Gasteiger partial charge in [-0.3, -0.25) is 0 Å². The summed E-state index contributed by atoms with van der Waals surface area (Å²) in [6.45, 7) is 0.754. The summed E-state index contributed by atoms with van der Waals surface area (Å²) in [5, 5.41) is 11.8. The smallest absolute Gasteiger partial charge is 0.354 e. The first kappa shape index (κ1) is 20.8. The second-order valence-electron chi connectivity index (χ2n) is 7.80. The van der Waals surface area contributed by atoms with Gasteiger partial charge < -0.3 is 21.1 Å². The van der Waals surface area contributed by atoms with E-state index in [9.17, 15) is 9.00 Å². The molecule has 0 saturated carbocycles. The molecule has 3 aliphatic rings. The summed E-state index contributed by atoms with van der Waals surface area (Å²) in [4.78, 5) is 16.9. The quantitative estimate of drug-likeness (QED) is 0.568. The van der Waals surface area contributed by atoms with Gasteiger partial charge >= 0.3 is 6.03 Å². The van der Waals surface area contributed by atoms with Crippen LogP contribution in [0.15, 0.2) is 26.5 Å². The number of hydrogen-bond acceptors (Lipinski definition) is 6. The summed E-state index contributed by atoms with van der Waals surface area (Å²) < 4.78 is 22.4. The third-order valence-corrected chi connectivity index (χ3v) is 7.26. The number of urea groups is 1. The van der Waals surface area contributed by atoms with Crippen LogP contribution in [0.4, 0.5) is 10.5 Å². The van der Waals surface area contributed by atoms with Gasteiger partial charge in [0.2, 0.25) is 5.90 Å². The van der Waals surface area contributed by atoms with E-state index in [0.717, 1.165) is 61.5 Å². The Balaban J connectivity index is 1.60. The number of anilines is 1. The fourth-order valence-corrected chi connectivity index (χ4v) is 5.32. The van der Waals surface area contributed by atoms with Crippen molar-refractivity contribution in [3.8, 4) is 0 Å². The maximum atomic E-state index is 13.1. The molecule has 2 aliphatic carbocycles. The topological polar surface area (TPSA) is 144 Å². The molecular weight excluding hydrogens is 404 g/mol. The Morgan fingerprint density at radius 1 is 1.27 bits per heavy atom. The number of amides is 2. The molecule has 0 saturated heterocycles. The van der Waals surface area contributed by atoms with Gasteiger partial charge in [0.05, 0.1) is 12.6 Å². The van der Waals surface area contributed by atoms with Crippen LogP contribution in [0.1, 0.15) is 35.1 Å². The largest absolute Gasteiger partial charge is 0.475 e. The number of nitrogens with two attached hydrogens (primary N) is 2. The summed E-state index contributed by atoms with van der Waals surface area (Å²) in [7, 11) is -1.82. The average molecular weight is 433 g/mol. The molecule has 10 heteroatoms. The van der Waals surface area contributed by atoms with Crippen LogP contribution in [-0.2, 0) is 40.3 Å². The van der Waals surface area contributed by atoms with Gasteiger partial charge in [0.15, 0.2) is 9.92 Å². The normalized spacial score (nSPS) is 22.4. The Labute approximate surface area is 176 Å². The van der Waals surface area contributed by atoms with E-state index in [-0.39, 0.29) is 16.8 Å². The van der Waals surface area contributed by atoms with Crippen LogP contribution in [0.2, 0.25) is 0 Å². The highest BCUT2D eigenvalue weighted by atomic mass is 32.2. The van der Waals surface area contributed by atoms with E-state index in [1.165, 1.54) is 11.1 Å². The monoisotopic (exact) mass is 432 g/mol. The number of aliphatic imine (C=N–C) groups is 1. The number of likely N-dealkylation sites (N-methyl/N-ethyl adjacent to an activating group) is 1. The Morgan fingerprint density at radius 2 is 1.93 bits per heavy atom. The molecule has 1 aromatic carbocycles. The number of nitrogens with one attached hydrogen (secondary N) is 2. The summed E-state index contributed by atoms with van der Waals surface area (Å²) >= 11 is 0. The SMILES string of the molecule is CN[C@H]1CN=C(C(=CN)S(N)(=O)=NC(=O)Nc2c3c(cc4c2CCC4)CCC3)OC1. The van der Waals surface area contributed by atoms with Gasteiger partial charge in [-0.15, -0.1) is 4.36 Å². The highest BCUT2D eigenvalue weighted by Crippen LogP contribution is 2.38. The molecule has 0 bridgehead atoms. The summed E-state index contributed by atoms with van der Waals surface area (Å²) in [5.74, 6) is 0.0644. The maximum absolute atomic E-state index is 13.1. The van der Waals surface area contributed by atoms with Gasteiger partial charge in [0.1, 0.15) is 11.5 Å². The molecule has 1 aliphatic heterocycles. The van der Waals surface area contributed by atoms with Gasteiger partial charge in [-0.2, -0.15) is 0 Å². The van der Waals surface area contributed by atoms with Gasteiger partial charge in [0.25, 0.3) is 0 Å². The van der Waals surface area contributed by atoms with Crippen LogP contribution < -0.4 is 21.5 Å². The standard InChI is InChI=1S/C20H28N6O3S/c1-23-14-10-24-19(29-11-14)17(9-21)30(22,28)26-20(27)25-18-15-6-2-4-12(15)8-13-5-3-7-16(13)18/h8-9,14,23H,2-7,10-11,21H2,1H3,(H3,22,25,26,27,28)/t14-,30?/m0/s1. The van der Waals surface area contributed by atoms with Crippen LogP contribution in [0, 0.1) is 0 Å². The van der Waals surface area contributed by atoms with E-state index >= 15 is 0 Å². The van der Waals surface area contributed by atoms with Crippen molar-refractivity contribution >= 4 is 27.5 Å². The second-order valence-corrected chi connectivity index (χ2v) is 9.56. The zero-order valence-corrected chi connectivity index (χ0v) is 17.9. The predicted octanol–water partition coefficient (Wildman–Crippen LogP) is 1.35. The molecule has 0 fully saturated rings. The van der Waals surface area contributed by atoms with Crippen LogP contribution in [-0.4, -0.2) is 42.4 Å². The molecule has 30 heavy (non-hydrogen) atoms. The molecule has 0 aromatic heterocycles. The molecule has 162 valence electrons. The molecular formula is C20H28N6O3S. The number of carbonyl (C=O) groups excluding carboxylic acids is 1. The average Bonchev–Trinajstić information content (AvgIpc) is 3.37. The van der Waals surface area contributed by atoms with Crippen LogP contribution in [0.25, 0.3) is 0 Å². The second kappa shape index (κ2) is 8.37. The van der Waals surface area contributed by atoms with Crippen molar-refractivity contribution in [3.05, 3.63) is 39.4 Å². The summed E-state index contributed by atoms with van der Waals surface area (Å²) in [6.07, 6.45) is 7.05. The lowest BCUT2D eigenvalue weighted by Gasteiger charge is -2.22. The molecule has 0 spiro atoms. The fraction of sp³-hybridized carbons (Fsp3) is 0.500. The van der Waals surface area contributed by atoms with E-state index < -0.39 is 15.9 Å². The summed E-state index contributed by atoms with van der Waals surface area (Å²) in [6, 6.07) is 1.57. The lowest BCUT2D eigenvalue weighted by Crippen LogP contribution is -2.39. The van der Waals surface area contributed by atoms with E-state index in [1.54, 1.807) is 7.05 Å². The number of rotatable bonds is 4. The minimum Gasteiger partial charge on any atom is -0.475 e. The van der Waals surface area contributed by atoms with Gasteiger partial charge in [0, 0.05) is 11.9 Å². The Morgan fingerprint density at radius 3 is 2.47 bits per heavy atom. The van der Waals surface area contributed by atoms with Crippen molar-refractivity contribution in [1.29, 1.82) is 0 Å². The summed E-state index contributed by atoms with van der Waals surface area (Å²) in [5.41, 5.74) is 11.4.